The molecule has 0 aromatic rings. The minimum absolute atomic E-state index is 0.00220. The summed E-state index contributed by atoms with van der Waals surface area (Å²) in [5, 5.41) is 3.11. The molecule has 2 fully saturated rings. The Kier molecular flexibility index (Phi) is 5.44. The van der Waals surface area contributed by atoms with Crippen LogP contribution in [0.25, 0.3) is 0 Å². The number of amides is 1. The van der Waals surface area contributed by atoms with Crippen molar-refractivity contribution in [1.82, 2.24) is 10.2 Å². The molecule has 0 spiro atoms. The van der Waals surface area contributed by atoms with E-state index in [2.05, 4.69) is 17.1 Å². The molecule has 3 N–H and O–H groups in total. The lowest BCUT2D eigenvalue weighted by molar-refractivity contribution is -0.128. The largest absolute Gasteiger partial charge is 0.355 e. The van der Waals surface area contributed by atoms with E-state index in [1.54, 1.807) is 0 Å². The van der Waals surface area contributed by atoms with Crippen molar-refractivity contribution in [3.05, 3.63) is 0 Å². The Labute approximate surface area is 123 Å². The highest BCUT2D eigenvalue weighted by molar-refractivity contribution is 5.80. The molecule has 2 aliphatic rings. The number of nitrogens with zero attached hydrogens (tertiary/aromatic N) is 1. The highest BCUT2D eigenvalue weighted by Gasteiger charge is 2.37. The lowest BCUT2D eigenvalue weighted by Gasteiger charge is -2.37. The van der Waals surface area contributed by atoms with Crippen molar-refractivity contribution in [2.45, 2.75) is 57.9 Å². The summed E-state index contributed by atoms with van der Waals surface area (Å²) in [6.45, 7) is 8.45. The molecule has 0 aromatic heterocycles. The molecule has 2 atom stereocenters. The number of hydrogen-bond acceptors (Lipinski definition) is 3. The van der Waals surface area contributed by atoms with Crippen LogP contribution in [-0.4, -0.2) is 42.5 Å². The van der Waals surface area contributed by atoms with Crippen LogP contribution in [0.15, 0.2) is 0 Å². The molecule has 1 saturated heterocycles. The monoisotopic (exact) mass is 281 g/mol. The lowest BCUT2D eigenvalue weighted by atomic mass is 9.74. The van der Waals surface area contributed by atoms with Gasteiger partial charge in [-0.15, -0.1) is 0 Å². The van der Waals surface area contributed by atoms with E-state index in [4.69, 9.17) is 5.73 Å². The highest BCUT2D eigenvalue weighted by Crippen LogP contribution is 2.31. The summed E-state index contributed by atoms with van der Waals surface area (Å²) in [6, 6.07) is 0. The van der Waals surface area contributed by atoms with Gasteiger partial charge in [-0.25, -0.2) is 0 Å². The van der Waals surface area contributed by atoms with Crippen LogP contribution in [0.3, 0.4) is 0 Å². The average molecular weight is 281 g/mol. The molecule has 4 heteroatoms. The molecule has 4 nitrogen and oxygen atoms in total. The standard InChI is InChI=1S/C16H31N3O/c1-13-6-10-19(11-7-13)12-9-18-15(20)14-5-3-4-8-16(14,2)17/h13-14H,3-12,17H2,1-2H3,(H,18,20). The number of nitrogens with one attached hydrogen (secondary N) is 1. The second-order valence-corrected chi connectivity index (χ2v) is 7.12. The first kappa shape index (κ1) is 15.8. The molecule has 1 aliphatic heterocycles. The average Bonchev–Trinajstić information content (AvgIpc) is 2.40. The minimum atomic E-state index is -0.317. The zero-order chi connectivity index (χ0) is 14.6. The van der Waals surface area contributed by atoms with Gasteiger partial charge in [0.05, 0.1) is 5.92 Å². The van der Waals surface area contributed by atoms with Gasteiger partial charge in [0.1, 0.15) is 0 Å². The number of nitrogens with two attached hydrogens (primary N) is 1. The molecule has 1 heterocycles. The maximum absolute atomic E-state index is 12.3. The van der Waals surface area contributed by atoms with Gasteiger partial charge in [0.25, 0.3) is 0 Å². The van der Waals surface area contributed by atoms with E-state index < -0.39 is 0 Å². The summed E-state index contributed by atoms with van der Waals surface area (Å²) in [5.74, 6) is 1.03. The van der Waals surface area contributed by atoms with Crippen molar-refractivity contribution < 1.29 is 4.79 Å². The quantitative estimate of drug-likeness (QED) is 0.825. The second kappa shape index (κ2) is 6.90. The minimum Gasteiger partial charge on any atom is -0.355 e. The number of carbonyl (C=O) groups is 1. The van der Waals surface area contributed by atoms with Gasteiger partial charge in [-0.05, 0) is 51.6 Å². The van der Waals surface area contributed by atoms with E-state index >= 15 is 0 Å². The number of piperidine rings is 1. The summed E-state index contributed by atoms with van der Waals surface area (Å²) in [6.07, 6.45) is 6.78. The van der Waals surface area contributed by atoms with Crippen LogP contribution in [-0.2, 0) is 4.79 Å². The van der Waals surface area contributed by atoms with E-state index in [1.807, 2.05) is 6.92 Å². The Bertz CT molecular complexity index is 322. The molecule has 1 saturated carbocycles. The van der Waals surface area contributed by atoms with Gasteiger partial charge in [0.2, 0.25) is 5.91 Å². The van der Waals surface area contributed by atoms with Crippen LogP contribution < -0.4 is 11.1 Å². The molecular weight excluding hydrogens is 250 g/mol. The van der Waals surface area contributed by atoms with Crippen LogP contribution in [0.5, 0.6) is 0 Å². The van der Waals surface area contributed by atoms with E-state index in [0.717, 1.165) is 44.7 Å². The third-order valence-corrected chi connectivity index (χ3v) is 5.17. The molecule has 1 aliphatic carbocycles. The Balaban J connectivity index is 1.69. The molecule has 116 valence electrons. The van der Waals surface area contributed by atoms with Crippen LogP contribution in [0, 0.1) is 11.8 Å². The van der Waals surface area contributed by atoms with Crippen LogP contribution in [0.1, 0.15) is 52.4 Å². The Morgan fingerprint density at radius 3 is 2.65 bits per heavy atom. The van der Waals surface area contributed by atoms with Gasteiger partial charge in [-0.1, -0.05) is 19.8 Å². The zero-order valence-electron chi connectivity index (χ0n) is 13.2. The van der Waals surface area contributed by atoms with Gasteiger partial charge < -0.3 is 16.0 Å². The van der Waals surface area contributed by atoms with Crippen molar-refractivity contribution in [3.8, 4) is 0 Å². The number of hydrogen-bond donors (Lipinski definition) is 2. The highest BCUT2D eigenvalue weighted by atomic mass is 16.1. The third-order valence-electron chi connectivity index (χ3n) is 5.17. The van der Waals surface area contributed by atoms with Gasteiger partial charge >= 0.3 is 0 Å². The van der Waals surface area contributed by atoms with E-state index in [-0.39, 0.29) is 17.4 Å². The zero-order valence-corrected chi connectivity index (χ0v) is 13.2. The van der Waals surface area contributed by atoms with E-state index in [9.17, 15) is 4.79 Å². The fourth-order valence-corrected chi connectivity index (χ4v) is 3.53. The number of rotatable bonds is 4. The summed E-state index contributed by atoms with van der Waals surface area (Å²) in [7, 11) is 0. The van der Waals surface area contributed by atoms with Crippen LogP contribution in [0.4, 0.5) is 0 Å². The second-order valence-electron chi connectivity index (χ2n) is 7.12. The lowest BCUT2D eigenvalue weighted by Crippen LogP contribution is -2.53. The van der Waals surface area contributed by atoms with Gasteiger partial charge in [0, 0.05) is 18.6 Å². The first-order chi connectivity index (χ1) is 9.49. The molecule has 0 bridgehead atoms. The normalized spacial score (nSPS) is 33.0. The fourth-order valence-electron chi connectivity index (χ4n) is 3.53. The first-order valence-electron chi connectivity index (χ1n) is 8.28. The smallest absolute Gasteiger partial charge is 0.225 e. The molecule has 0 radical (unpaired) electrons. The summed E-state index contributed by atoms with van der Waals surface area (Å²) in [5.41, 5.74) is 5.96. The SMILES string of the molecule is CC1CCN(CCNC(=O)C2CCCCC2(C)N)CC1. The summed E-state index contributed by atoms with van der Waals surface area (Å²) in [4.78, 5) is 14.8. The van der Waals surface area contributed by atoms with Crippen molar-refractivity contribution >= 4 is 5.91 Å². The number of carbonyl (C=O) groups excluding carboxylic acids is 1. The maximum Gasteiger partial charge on any atom is 0.225 e. The predicted octanol–water partition coefficient (Wildman–Crippen LogP) is 1.74. The van der Waals surface area contributed by atoms with E-state index in [1.165, 1.54) is 25.9 Å². The molecular formula is C16H31N3O. The molecule has 2 unspecified atom stereocenters. The summed E-state index contributed by atoms with van der Waals surface area (Å²) >= 11 is 0. The van der Waals surface area contributed by atoms with Gasteiger partial charge in [-0.2, -0.15) is 0 Å². The fraction of sp³-hybridized carbons (Fsp3) is 0.938. The Hall–Kier alpha value is -0.610. The van der Waals surface area contributed by atoms with Gasteiger partial charge in [-0.3, -0.25) is 4.79 Å². The van der Waals surface area contributed by atoms with Crippen molar-refractivity contribution in [2.24, 2.45) is 17.6 Å². The topological polar surface area (TPSA) is 58.4 Å². The van der Waals surface area contributed by atoms with Crippen LogP contribution >= 0.6 is 0 Å². The Morgan fingerprint density at radius 2 is 2.00 bits per heavy atom. The molecule has 2 rings (SSSR count). The van der Waals surface area contributed by atoms with Crippen molar-refractivity contribution in [2.75, 3.05) is 26.2 Å². The molecule has 20 heavy (non-hydrogen) atoms. The maximum atomic E-state index is 12.3. The predicted molar refractivity (Wildman–Crippen MR) is 82.4 cm³/mol. The molecule has 0 aromatic carbocycles. The van der Waals surface area contributed by atoms with Crippen molar-refractivity contribution in [3.63, 3.8) is 0 Å². The third kappa shape index (κ3) is 4.19. The summed E-state index contributed by atoms with van der Waals surface area (Å²) < 4.78 is 0. The Morgan fingerprint density at radius 1 is 1.30 bits per heavy atom. The number of likely N-dealkylation sites (tertiary alicyclic amines) is 1. The van der Waals surface area contributed by atoms with E-state index in [0.29, 0.717) is 0 Å². The van der Waals surface area contributed by atoms with Gasteiger partial charge in [0.15, 0.2) is 0 Å². The first-order valence-corrected chi connectivity index (χ1v) is 8.28. The van der Waals surface area contributed by atoms with Crippen molar-refractivity contribution in [1.29, 1.82) is 0 Å². The molecule has 1 amide bonds. The van der Waals surface area contributed by atoms with Crippen LogP contribution in [0.2, 0.25) is 0 Å².